The molecule has 1 atom stereocenters. The van der Waals surface area contributed by atoms with Gasteiger partial charge in [-0.2, -0.15) is 0 Å². The lowest BCUT2D eigenvalue weighted by Crippen LogP contribution is -2.32. The van der Waals surface area contributed by atoms with E-state index in [1.165, 1.54) is 54.5 Å². The first-order chi connectivity index (χ1) is 11.7. The third-order valence-corrected chi connectivity index (χ3v) is 4.81. The van der Waals surface area contributed by atoms with Crippen molar-refractivity contribution in [1.82, 2.24) is 5.32 Å². The minimum Gasteiger partial charge on any atom is -0.356 e. The first-order valence-corrected chi connectivity index (χ1v) is 9.01. The zero-order valence-corrected chi connectivity index (χ0v) is 14.8. The first kappa shape index (κ1) is 16.9. The molecule has 2 N–H and O–H groups in total. The van der Waals surface area contributed by atoms with E-state index < -0.39 is 0 Å². The van der Waals surface area contributed by atoms with Crippen molar-refractivity contribution in [3.63, 3.8) is 0 Å². The molecule has 0 bridgehead atoms. The second-order valence-corrected chi connectivity index (χ2v) is 6.71. The van der Waals surface area contributed by atoms with E-state index in [1.807, 2.05) is 0 Å². The van der Waals surface area contributed by atoms with Gasteiger partial charge in [0.2, 0.25) is 0 Å². The van der Waals surface area contributed by atoms with Crippen LogP contribution in [-0.4, -0.2) is 5.11 Å². The highest BCUT2D eigenvalue weighted by Crippen LogP contribution is 2.26. The van der Waals surface area contributed by atoms with Crippen LogP contribution < -0.4 is 10.6 Å². The predicted octanol–water partition coefficient (Wildman–Crippen LogP) is 5.14. The molecule has 2 aromatic carbocycles. The van der Waals surface area contributed by atoms with Crippen LogP contribution in [0.3, 0.4) is 0 Å². The number of hydrogen-bond acceptors (Lipinski definition) is 1. The summed E-state index contributed by atoms with van der Waals surface area (Å²) in [5.74, 6) is -0.250. The van der Waals surface area contributed by atoms with Gasteiger partial charge in [-0.25, -0.2) is 4.39 Å². The van der Waals surface area contributed by atoms with Gasteiger partial charge in [-0.1, -0.05) is 25.1 Å². The average Bonchev–Trinajstić information content (AvgIpc) is 2.61. The molecule has 0 aliphatic heterocycles. The van der Waals surface area contributed by atoms with E-state index in [1.54, 1.807) is 12.1 Å². The third-order valence-electron chi connectivity index (χ3n) is 4.59. The van der Waals surface area contributed by atoms with Crippen LogP contribution in [0.25, 0.3) is 0 Å². The predicted molar refractivity (Wildman–Crippen MR) is 102 cm³/mol. The lowest BCUT2D eigenvalue weighted by Gasteiger charge is -2.23. The van der Waals surface area contributed by atoms with Gasteiger partial charge in [0.05, 0.1) is 6.04 Å². The molecule has 0 spiro atoms. The third kappa shape index (κ3) is 4.12. The van der Waals surface area contributed by atoms with E-state index >= 15 is 0 Å². The van der Waals surface area contributed by atoms with Crippen LogP contribution in [0.4, 0.5) is 10.1 Å². The van der Waals surface area contributed by atoms with Crippen LogP contribution in [0.1, 0.15) is 48.9 Å². The summed E-state index contributed by atoms with van der Waals surface area (Å²) in [6.07, 6.45) is 5.91. The van der Waals surface area contributed by atoms with E-state index in [9.17, 15) is 4.39 Å². The quantitative estimate of drug-likeness (QED) is 0.752. The molecule has 0 radical (unpaired) electrons. The first-order valence-electron chi connectivity index (χ1n) is 8.60. The summed E-state index contributed by atoms with van der Waals surface area (Å²) in [5.41, 5.74) is 5.04. The molecule has 0 aromatic heterocycles. The van der Waals surface area contributed by atoms with Crippen molar-refractivity contribution < 1.29 is 4.39 Å². The fourth-order valence-electron chi connectivity index (χ4n) is 3.25. The van der Waals surface area contributed by atoms with Gasteiger partial charge in [0, 0.05) is 5.69 Å². The standard InChI is InChI=1S/C20H23FN2S/c1-2-19(16-8-7-14-5-3-4-6-15(14)13-16)23-20(24)22-18-11-9-17(21)10-12-18/h7-13,19H,2-6H2,1H3,(H2,22,23,24)/t19-/m1/s1. The van der Waals surface area contributed by atoms with Crippen molar-refractivity contribution in [2.45, 2.75) is 45.1 Å². The highest BCUT2D eigenvalue weighted by atomic mass is 32.1. The summed E-state index contributed by atoms with van der Waals surface area (Å²) in [5, 5.41) is 7.06. The van der Waals surface area contributed by atoms with Crippen LogP contribution in [0.15, 0.2) is 42.5 Å². The monoisotopic (exact) mass is 342 g/mol. The van der Waals surface area contributed by atoms with Crippen LogP contribution in [-0.2, 0) is 12.8 Å². The zero-order valence-electron chi connectivity index (χ0n) is 13.9. The topological polar surface area (TPSA) is 24.1 Å². The van der Waals surface area contributed by atoms with E-state index in [2.05, 4.69) is 35.8 Å². The molecule has 3 rings (SSSR count). The molecular formula is C20H23FN2S. The maximum atomic E-state index is 13.0. The maximum absolute atomic E-state index is 13.0. The fourth-order valence-corrected chi connectivity index (χ4v) is 3.51. The molecule has 126 valence electrons. The Labute approximate surface area is 148 Å². The van der Waals surface area contributed by atoms with Crippen molar-refractivity contribution in [3.05, 3.63) is 65.0 Å². The molecule has 4 heteroatoms. The largest absolute Gasteiger partial charge is 0.356 e. The number of benzene rings is 2. The van der Waals surface area contributed by atoms with Gasteiger partial charge >= 0.3 is 0 Å². The Morgan fingerprint density at radius 2 is 1.79 bits per heavy atom. The van der Waals surface area contributed by atoms with Gasteiger partial charge < -0.3 is 10.6 Å². The molecule has 0 heterocycles. The Balaban J connectivity index is 1.67. The number of fused-ring (bicyclic) bond motifs is 1. The van der Waals surface area contributed by atoms with E-state index in [-0.39, 0.29) is 11.9 Å². The van der Waals surface area contributed by atoms with Gasteiger partial charge in [0.15, 0.2) is 5.11 Å². The number of thiocarbonyl (C=S) groups is 1. The number of nitrogens with one attached hydrogen (secondary N) is 2. The smallest absolute Gasteiger partial charge is 0.171 e. The van der Waals surface area contributed by atoms with E-state index in [0.29, 0.717) is 5.11 Å². The van der Waals surface area contributed by atoms with Crippen LogP contribution in [0.5, 0.6) is 0 Å². The zero-order chi connectivity index (χ0) is 16.9. The van der Waals surface area contributed by atoms with Crippen molar-refractivity contribution in [2.24, 2.45) is 0 Å². The summed E-state index contributed by atoms with van der Waals surface area (Å²) in [6, 6.07) is 13.2. The summed E-state index contributed by atoms with van der Waals surface area (Å²) >= 11 is 5.42. The number of halogens is 1. The molecule has 0 saturated heterocycles. The van der Waals surface area contributed by atoms with Crippen molar-refractivity contribution in [2.75, 3.05) is 5.32 Å². The second kappa shape index (κ2) is 7.75. The molecule has 24 heavy (non-hydrogen) atoms. The van der Waals surface area contributed by atoms with Gasteiger partial charge in [0.1, 0.15) is 5.82 Å². The summed E-state index contributed by atoms with van der Waals surface area (Å²) in [7, 11) is 0. The van der Waals surface area contributed by atoms with E-state index in [4.69, 9.17) is 12.2 Å². The Morgan fingerprint density at radius 1 is 1.08 bits per heavy atom. The van der Waals surface area contributed by atoms with Gasteiger partial charge in [0.25, 0.3) is 0 Å². The molecule has 0 unspecified atom stereocenters. The Bertz CT molecular complexity index is 712. The summed E-state index contributed by atoms with van der Waals surface area (Å²) in [4.78, 5) is 0. The van der Waals surface area contributed by atoms with Crippen molar-refractivity contribution in [3.8, 4) is 0 Å². The maximum Gasteiger partial charge on any atom is 0.171 e. The minimum absolute atomic E-state index is 0.178. The summed E-state index contributed by atoms with van der Waals surface area (Å²) < 4.78 is 13.0. The molecule has 0 fully saturated rings. The summed E-state index contributed by atoms with van der Waals surface area (Å²) in [6.45, 7) is 2.15. The molecule has 0 saturated carbocycles. The van der Waals surface area contributed by atoms with Crippen LogP contribution in [0.2, 0.25) is 0 Å². The Hall–Kier alpha value is -1.94. The van der Waals surface area contributed by atoms with Gasteiger partial charge in [-0.15, -0.1) is 0 Å². The fraction of sp³-hybridized carbons (Fsp3) is 0.350. The van der Waals surface area contributed by atoms with Crippen LogP contribution in [0, 0.1) is 5.82 Å². The van der Waals surface area contributed by atoms with E-state index in [0.717, 1.165) is 12.1 Å². The Morgan fingerprint density at radius 3 is 2.50 bits per heavy atom. The minimum atomic E-state index is -0.250. The number of aryl methyl sites for hydroxylation is 2. The SMILES string of the molecule is CC[C@@H](NC(=S)Nc1ccc(F)cc1)c1ccc2c(c1)CCCC2. The second-order valence-electron chi connectivity index (χ2n) is 6.30. The van der Waals surface area contributed by atoms with Crippen LogP contribution >= 0.6 is 12.2 Å². The highest BCUT2D eigenvalue weighted by molar-refractivity contribution is 7.80. The van der Waals surface area contributed by atoms with Gasteiger partial charge in [-0.05, 0) is 85.3 Å². The molecular weight excluding hydrogens is 319 g/mol. The normalized spacial score (nSPS) is 14.6. The lowest BCUT2D eigenvalue weighted by molar-refractivity contribution is 0.622. The molecule has 2 nitrogen and oxygen atoms in total. The lowest BCUT2D eigenvalue weighted by atomic mass is 9.89. The highest BCUT2D eigenvalue weighted by Gasteiger charge is 2.15. The number of hydrogen-bond donors (Lipinski definition) is 2. The van der Waals surface area contributed by atoms with Crippen molar-refractivity contribution in [1.29, 1.82) is 0 Å². The molecule has 2 aromatic rings. The molecule has 1 aliphatic rings. The van der Waals surface area contributed by atoms with Gasteiger partial charge in [-0.3, -0.25) is 0 Å². The van der Waals surface area contributed by atoms with Crippen molar-refractivity contribution >= 4 is 23.0 Å². The Kier molecular flexibility index (Phi) is 5.46. The number of rotatable bonds is 4. The average molecular weight is 342 g/mol. The number of anilines is 1. The molecule has 0 amide bonds. The molecule has 1 aliphatic carbocycles.